The van der Waals surface area contributed by atoms with E-state index >= 15 is 0 Å². The molecule has 0 aliphatic heterocycles. The van der Waals surface area contributed by atoms with Crippen LogP contribution in [0.4, 0.5) is 0 Å². The second-order valence-electron chi connectivity index (χ2n) is 4.79. The summed E-state index contributed by atoms with van der Waals surface area (Å²) in [5.41, 5.74) is 4.47. The second-order valence-corrected chi connectivity index (χ2v) is 6.90. The Bertz CT molecular complexity index is 822. The van der Waals surface area contributed by atoms with Crippen LogP contribution in [0, 0.1) is 6.92 Å². The zero-order chi connectivity index (χ0) is 15.0. The number of amides is 1. The summed E-state index contributed by atoms with van der Waals surface area (Å²) >= 11 is 5.05. The Morgan fingerprint density at radius 1 is 1.43 bits per heavy atom. The molecule has 0 spiro atoms. The number of nitrogens with one attached hydrogen (secondary N) is 1. The van der Waals surface area contributed by atoms with Crippen LogP contribution in [0.25, 0.3) is 10.9 Å². The maximum Gasteiger partial charge on any atom is 0.275 e. The van der Waals surface area contributed by atoms with Crippen LogP contribution < -0.4 is 11.3 Å². The number of hydrazine groups is 1. The van der Waals surface area contributed by atoms with Gasteiger partial charge in [0.2, 0.25) is 0 Å². The smallest absolute Gasteiger partial charge is 0.275 e. The lowest BCUT2D eigenvalue weighted by molar-refractivity contribution is 0.0957. The number of carbonyl (C=O) groups is 1. The zero-order valence-corrected chi connectivity index (χ0v) is 13.8. The summed E-state index contributed by atoms with van der Waals surface area (Å²) in [6, 6.07) is 10.1. The molecule has 21 heavy (non-hydrogen) atoms. The van der Waals surface area contributed by atoms with Crippen molar-refractivity contribution in [1.29, 1.82) is 0 Å². The summed E-state index contributed by atoms with van der Waals surface area (Å²) in [5.74, 6) is 4.95. The van der Waals surface area contributed by atoms with Crippen LogP contribution in [0.15, 0.2) is 41.0 Å². The Morgan fingerprint density at radius 2 is 2.19 bits per heavy atom. The average Bonchev–Trinajstić information content (AvgIpc) is 3.01. The first kappa shape index (κ1) is 14.3. The zero-order valence-electron chi connectivity index (χ0n) is 11.4. The van der Waals surface area contributed by atoms with Gasteiger partial charge in [-0.1, -0.05) is 18.2 Å². The summed E-state index contributed by atoms with van der Waals surface area (Å²) < 4.78 is 3.25. The number of carbonyl (C=O) groups excluding carboxylic acids is 1. The lowest BCUT2D eigenvalue weighted by atomic mass is 10.2. The van der Waals surface area contributed by atoms with Crippen molar-refractivity contribution in [3.63, 3.8) is 0 Å². The van der Waals surface area contributed by atoms with Gasteiger partial charge in [0.05, 0.1) is 4.88 Å². The predicted molar refractivity (Wildman–Crippen MR) is 89.4 cm³/mol. The Balaban J connectivity index is 1.99. The molecule has 0 saturated heterocycles. The first-order chi connectivity index (χ1) is 10.1. The molecule has 0 aliphatic rings. The third-order valence-corrected chi connectivity index (χ3v) is 5.18. The van der Waals surface area contributed by atoms with Crippen molar-refractivity contribution < 1.29 is 4.79 Å². The highest BCUT2D eigenvalue weighted by Gasteiger charge is 2.13. The Morgan fingerprint density at radius 3 is 2.95 bits per heavy atom. The standard InChI is InChI=1S/C15H14BrN3OS/c1-9-10(6-14(21-9)15(20)18-17)7-19-8-12(16)11-4-2-3-5-13(11)19/h2-6,8H,7,17H2,1H3,(H,18,20). The van der Waals surface area contributed by atoms with Gasteiger partial charge in [-0.15, -0.1) is 11.3 Å². The van der Waals surface area contributed by atoms with Crippen LogP contribution in [0.1, 0.15) is 20.1 Å². The number of halogens is 1. The maximum absolute atomic E-state index is 11.6. The molecule has 0 radical (unpaired) electrons. The highest BCUT2D eigenvalue weighted by atomic mass is 79.9. The first-order valence-corrected chi connectivity index (χ1v) is 8.04. The largest absolute Gasteiger partial charge is 0.342 e. The number of hydrogen-bond acceptors (Lipinski definition) is 3. The normalized spacial score (nSPS) is 11.0. The third-order valence-electron chi connectivity index (χ3n) is 3.46. The Hall–Kier alpha value is -1.63. The molecule has 0 saturated carbocycles. The molecule has 2 heterocycles. The molecular formula is C15H14BrN3OS. The van der Waals surface area contributed by atoms with Crippen LogP contribution in [-0.4, -0.2) is 10.5 Å². The summed E-state index contributed by atoms with van der Waals surface area (Å²) in [6.45, 7) is 2.75. The van der Waals surface area contributed by atoms with Gasteiger partial charge >= 0.3 is 0 Å². The molecule has 108 valence electrons. The SMILES string of the molecule is Cc1sc(C(=O)NN)cc1Cn1cc(Br)c2ccccc21. The number of nitrogen functional groups attached to an aromatic ring is 1. The molecule has 3 N–H and O–H groups in total. The molecular weight excluding hydrogens is 350 g/mol. The maximum atomic E-state index is 11.6. The third kappa shape index (κ3) is 2.62. The van der Waals surface area contributed by atoms with Crippen molar-refractivity contribution >= 4 is 44.1 Å². The van der Waals surface area contributed by atoms with E-state index in [0.717, 1.165) is 21.5 Å². The number of rotatable bonds is 3. The number of para-hydroxylation sites is 1. The van der Waals surface area contributed by atoms with E-state index in [1.54, 1.807) is 0 Å². The van der Waals surface area contributed by atoms with E-state index in [2.05, 4.69) is 44.3 Å². The van der Waals surface area contributed by atoms with Gasteiger partial charge in [0.25, 0.3) is 5.91 Å². The number of thiophene rings is 1. The van der Waals surface area contributed by atoms with Crippen molar-refractivity contribution in [3.05, 3.63) is 56.3 Å². The van der Waals surface area contributed by atoms with Crippen molar-refractivity contribution in [2.24, 2.45) is 5.84 Å². The quantitative estimate of drug-likeness (QED) is 0.425. The number of hydrogen-bond donors (Lipinski definition) is 2. The minimum Gasteiger partial charge on any atom is -0.342 e. The lowest BCUT2D eigenvalue weighted by Crippen LogP contribution is -2.29. The summed E-state index contributed by atoms with van der Waals surface area (Å²) in [7, 11) is 0. The number of aryl methyl sites for hydroxylation is 1. The fraction of sp³-hybridized carbons (Fsp3) is 0.133. The number of benzene rings is 1. The van der Waals surface area contributed by atoms with E-state index in [1.807, 2.05) is 25.1 Å². The van der Waals surface area contributed by atoms with E-state index in [-0.39, 0.29) is 5.91 Å². The molecule has 0 atom stereocenters. The first-order valence-electron chi connectivity index (χ1n) is 6.43. The monoisotopic (exact) mass is 363 g/mol. The van der Waals surface area contributed by atoms with Gasteiger partial charge in [0, 0.05) is 33.0 Å². The van der Waals surface area contributed by atoms with E-state index < -0.39 is 0 Å². The van der Waals surface area contributed by atoms with Crippen molar-refractivity contribution in [2.75, 3.05) is 0 Å². The number of nitrogens with zero attached hydrogens (tertiary/aromatic N) is 1. The van der Waals surface area contributed by atoms with Crippen LogP contribution in [0.2, 0.25) is 0 Å². The van der Waals surface area contributed by atoms with Crippen LogP contribution in [0.5, 0.6) is 0 Å². The van der Waals surface area contributed by atoms with Crippen molar-refractivity contribution in [3.8, 4) is 0 Å². The molecule has 2 aromatic heterocycles. The fourth-order valence-electron chi connectivity index (χ4n) is 2.38. The summed E-state index contributed by atoms with van der Waals surface area (Å²) in [6.07, 6.45) is 2.07. The molecule has 0 fully saturated rings. The van der Waals surface area contributed by atoms with Crippen molar-refractivity contribution in [1.82, 2.24) is 9.99 Å². The molecule has 0 aliphatic carbocycles. The van der Waals surface area contributed by atoms with Gasteiger partial charge < -0.3 is 4.57 Å². The minimum atomic E-state index is -0.243. The Kier molecular flexibility index (Phi) is 3.84. The van der Waals surface area contributed by atoms with Gasteiger partial charge in [-0.25, -0.2) is 5.84 Å². The van der Waals surface area contributed by atoms with Gasteiger partial charge in [-0.2, -0.15) is 0 Å². The molecule has 4 nitrogen and oxygen atoms in total. The predicted octanol–water partition coefficient (Wildman–Crippen LogP) is 3.43. The molecule has 0 unspecified atom stereocenters. The van der Waals surface area contributed by atoms with Crippen LogP contribution in [-0.2, 0) is 6.54 Å². The number of nitrogens with two attached hydrogens (primary N) is 1. The summed E-state index contributed by atoms with van der Waals surface area (Å²) in [4.78, 5) is 13.4. The van der Waals surface area contributed by atoms with Crippen LogP contribution >= 0.6 is 27.3 Å². The molecule has 6 heteroatoms. The lowest BCUT2D eigenvalue weighted by Gasteiger charge is -2.04. The molecule has 3 rings (SSSR count). The highest BCUT2D eigenvalue weighted by molar-refractivity contribution is 9.10. The van der Waals surface area contributed by atoms with Gasteiger partial charge in [-0.3, -0.25) is 10.2 Å². The second kappa shape index (κ2) is 5.63. The van der Waals surface area contributed by atoms with E-state index in [0.29, 0.717) is 4.88 Å². The average molecular weight is 364 g/mol. The number of fused-ring (bicyclic) bond motifs is 1. The molecule has 1 aromatic carbocycles. The Labute approximate surface area is 134 Å². The summed E-state index contributed by atoms with van der Waals surface area (Å²) in [5, 5.41) is 1.19. The molecule has 1 amide bonds. The molecule has 0 bridgehead atoms. The van der Waals surface area contributed by atoms with E-state index in [4.69, 9.17) is 5.84 Å². The highest BCUT2D eigenvalue weighted by Crippen LogP contribution is 2.28. The van der Waals surface area contributed by atoms with E-state index in [1.165, 1.54) is 22.2 Å². The molecule has 3 aromatic rings. The number of aromatic nitrogens is 1. The topological polar surface area (TPSA) is 60.1 Å². The van der Waals surface area contributed by atoms with Gasteiger partial charge in [0.15, 0.2) is 0 Å². The van der Waals surface area contributed by atoms with E-state index in [9.17, 15) is 4.79 Å². The minimum absolute atomic E-state index is 0.243. The fourth-order valence-corrected chi connectivity index (χ4v) is 3.90. The van der Waals surface area contributed by atoms with Gasteiger partial charge in [0.1, 0.15) is 0 Å². The van der Waals surface area contributed by atoms with Gasteiger partial charge in [-0.05, 0) is 40.5 Å². The van der Waals surface area contributed by atoms with Crippen LogP contribution in [0.3, 0.4) is 0 Å². The van der Waals surface area contributed by atoms with Crippen molar-refractivity contribution in [2.45, 2.75) is 13.5 Å².